The number of hydrazine groups is 1. The third-order valence-corrected chi connectivity index (χ3v) is 2.21. The summed E-state index contributed by atoms with van der Waals surface area (Å²) in [7, 11) is 0. The zero-order valence-corrected chi connectivity index (χ0v) is 12.1. The second-order valence-corrected chi connectivity index (χ2v) is 5.04. The van der Waals surface area contributed by atoms with Gasteiger partial charge in [0.2, 0.25) is 5.95 Å². The second kappa shape index (κ2) is 6.41. The molecule has 0 bridgehead atoms. The van der Waals surface area contributed by atoms with Crippen molar-refractivity contribution in [2.24, 2.45) is 5.84 Å². The Hall–Kier alpha value is -2.33. The smallest absolute Gasteiger partial charge is 0.323 e. The van der Waals surface area contributed by atoms with Gasteiger partial charge in [0.25, 0.3) is 5.95 Å². The lowest BCUT2D eigenvalue weighted by Gasteiger charge is -2.19. The van der Waals surface area contributed by atoms with Gasteiger partial charge in [0.15, 0.2) is 0 Å². The molecule has 2 aromatic heterocycles. The first-order valence-corrected chi connectivity index (χ1v) is 6.32. The van der Waals surface area contributed by atoms with Gasteiger partial charge in [-0.3, -0.25) is 5.43 Å². The van der Waals surface area contributed by atoms with Crippen LogP contribution in [0.5, 0.6) is 6.01 Å². The summed E-state index contributed by atoms with van der Waals surface area (Å²) in [6.45, 7) is 6.63. The van der Waals surface area contributed by atoms with Gasteiger partial charge in [-0.1, -0.05) is 0 Å². The minimum absolute atomic E-state index is 0.126. The predicted octanol–water partition coefficient (Wildman–Crippen LogP) is -0.0682. The van der Waals surface area contributed by atoms with Gasteiger partial charge in [-0.15, -0.1) is 0 Å². The van der Waals surface area contributed by atoms with E-state index >= 15 is 0 Å². The zero-order valence-electron chi connectivity index (χ0n) is 12.1. The van der Waals surface area contributed by atoms with Crippen LogP contribution >= 0.6 is 0 Å². The molecule has 21 heavy (non-hydrogen) atoms. The fourth-order valence-electron chi connectivity index (χ4n) is 1.37. The minimum atomic E-state index is -0.224. The molecule has 0 amide bonds. The maximum absolute atomic E-state index is 5.55. The maximum atomic E-state index is 5.55. The second-order valence-electron chi connectivity index (χ2n) is 5.04. The van der Waals surface area contributed by atoms with Crippen molar-refractivity contribution < 1.29 is 9.47 Å². The average molecular weight is 294 g/mol. The molecule has 0 saturated heterocycles. The number of hydrogen-bond donors (Lipinski definition) is 2. The molecule has 0 aliphatic carbocycles. The standard InChI is InChI=1S/C11H18N8O2/c1-11(2,3)21-5-4-20-10-16-8(18-12)15-9(17-10)19-7-13-6-14-19/h6-7H,4-5,12H2,1-3H3,(H,15,16,17,18). The van der Waals surface area contributed by atoms with Crippen molar-refractivity contribution in [3.05, 3.63) is 12.7 Å². The Morgan fingerprint density at radius 3 is 2.67 bits per heavy atom. The molecule has 2 rings (SSSR count). The molecule has 0 unspecified atom stereocenters. The van der Waals surface area contributed by atoms with Gasteiger partial charge < -0.3 is 9.47 Å². The van der Waals surface area contributed by atoms with Gasteiger partial charge in [0, 0.05) is 0 Å². The lowest BCUT2D eigenvalue weighted by molar-refractivity contribution is -0.0173. The van der Waals surface area contributed by atoms with Crippen LogP contribution in [0.25, 0.3) is 5.95 Å². The first kappa shape index (κ1) is 15.1. The van der Waals surface area contributed by atoms with Gasteiger partial charge >= 0.3 is 6.01 Å². The number of nitrogens with zero attached hydrogens (tertiary/aromatic N) is 6. The number of ether oxygens (including phenoxy) is 2. The molecule has 0 atom stereocenters. The molecule has 0 saturated carbocycles. The number of hydrogen-bond acceptors (Lipinski definition) is 9. The molecular formula is C11H18N8O2. The lowest BCUT2D eigenvalue weighted by Crippen LogP contribution is -2.23. The van der Waals surface area contributed by atoms with Gasteiger partial charge in [-0.2, -0.15) is 24.7 Å². The van der Waals surface area contributed by atoms with Crippen molar-refractivity contribution in [2.45, 2.75) is 26.4 Å². The van der Waals surface area contributed by atoms with Crippen LogP contribution in [0.4, 0.5) is 5.95 Å². The Morgan fingerprint density at radius 1 is 1.24 bits per heavy atom. The first-order chi connectivity index (χ1) is 9.98. The van der Waals surface area contributed by atoms with Crippen molar-refractivity contribution >= 4 is 5.95 Å². The van der Waals surface area contributed by atoms with E-state index in [0.717, 1.165) is 0 Å². The number of aromatic nitrogens is 6. The molecule has 0 aromatic carbocycles. The average Bonchev–Trinajstić information content (AvgIpc) is 2.96. The molecule has 114 valence electrons. The molecule has 10 heteroatoms. The number of nitrogens with two attached hydrogens (primary N) is 1. The number of anilines is 1. The number of rotatable bonds is 6. The third kappa shape index (κ3) is 4.61. The summed E-state index contributed by atoms with van der Waals surface area (Å²) in [5.41, 5.74) is 2.13. The van der Waals surface area contributed by atoms with Crippen LogP contribution in [0.3, 0.4) is 0 Å². The Bertz CT molecular complexity index is 566. The number of nitrogens with one attached hydrogen (secondary N) is 1. The van der Waals surface area contributed by atoms with Gasteiger partial charge in [-0.05, 0) is 20.8 Å². The van der Waals surface area contributed by atoms with Crippen LogP contribution in [0.1, 0.15) is 20.8 Å². The van der Waals surface area contributed by atoms with Gasteiger partial charge in [-0.25, -0.2) is 10.8 Å². The molecule has 0 radical (unpaired) electrons. The van der Waals surface area contributed by atoms with Crippen LogP contribution in [0.15, 0.2) is 12.7 Å². The molecule has 3 N–H and O–H groups in total. The molecule has 10 nitrogen and oxygen atoms in total. The SMILES string of the molecule is CC(C)(C)OCCOc1nc(NN)nc(-n2cncn2)n1. The Morgan fingerprint density at radius 2 is 2.05 bits per heavy atom. The quantitative estimate of drug-likeness (QED) is 0.427. The topological polar surface area (TPSA) is 126 Å². The molecule has 0 aliphatic rings. The molecular weight excluding hydrogens is 276 g/mol. The maximum Gasteiger partial charge on any atom is 0.323 e. The van der Waals surface area contributed by atoms with Crippen molar-refractivity contribution in [1.82, 2.24) is 29.7 Å². The molecule has 2 heterocycles. The highest BCUT2D eigenvalue weighted by molar-refractivity contribution is 5.27. The zero-order chi connectivity index (χ0) is 15.3. The summed E-state index contributed by atoms with van der Waals surface area (Å²) in [5.74, 6) is 5.75. The molecule has 2 aromatic rings. The fourth-order valence-corrected chi connectivity index (χ4v) is 1.37. The predicted molar refractivity (Wildman–Crippen MR) is 73.8 cm³/mol. The van der Waals surface area contributed by atoms with E-state index in [9.17, 15) is 0 Å². The van der Waals surface area contributed by atoms with Gasteiger partial charge in [0.05, 0.1) is 12.2 Å². The Labute approximate surface area is 121 Å². The third-order valence-electron chi connectivity index (χ3n) is 2.21. The van der Waals surface area contributed by atoms with Crippen LogP contribution in [-0.4, -0.2) is 48.5 Å². The summed E-state index contributed by atoms with van der Waals surface area (Å²) in [6, 6.07) is 0.126. The minimum Gasteiger partial charge on any atom is -0.461 e. The summed E-state index contributed by atoms with van der Waals surface area (Å²) >= 11 is 0. The molecule has 0 spiro atoms. The Kier molecular flexibility index (Phi) is 4.60. The number of nitrogen functional groups attached to an aromatic ring is 1. The van der Waals surface area contributed by atoms with Crippen molar-refractivity contribution in [1.29, 1.82) is 0 Å². The summed E-state index contributed by atoms with van der Waals surface area (Å²) in [4.78, 5) is 16.0. The van der Waals surface area contributed by atoms with E-state index in [4.69, 9.17) is 15.3 Å². The van der Waals surface area contributed by atoms with Crippen LogP contribution in [0, 0.1) is 0 Å². The highest BCUT2D eigenvalue weighted by atomic mass is 16.5. The molecule has 0 fully saturated rings. The van der Waals surface area contributed by atoms with E-state index in [1.807, 2.05) is 20.8 Å². The first-order valence-electron chi connectivity index (χ1n) is 6.32. The fraction of sp³-hybridized carbons (Fsp3) is 0.545. The van der Waals surface area contributed by atoms with E-state index in [1.165, 1.54) is 17.3 Å². The van der Waals surface area contributed by atoms with Crippen LogP contribution in [-0.2, 0) is 4.74 Å². The van der Waals surface area contributed by atoms with E-state index < -0.39 is 0 Å². The lowest BCUT2D eigenvalue weighted by atomic mass is 10.2. The van der Waals surface area contributed by atoms with Crippen LogP contribution < -0.4 is 16.0 Å². The van der Waals surface area contributed by atoms with Crippen LogP contribution in [0.2, 0.25) is 0 Å². The van der Waals surface area contributed by atoms with Crippen molar-refractivity contribution in [3.63, 3.8) is 0 Å². The van der Waals surface area contributed by atoms with E-state index in [-0.39, 0.29) is 23.5 Å². The highest BCUT2D eigenvalue weighted by Crippen LogP contribution is 2.10. The van der Waals surface area contributed by atoms with E-state index in [2.05, 4.69) is 30.5 Å². The molecule has 0 aliphatic heterocycles. The van der Waals surface area contributed by atoms with Gasteiger partial charge in [0.1, 0.15) is 19.3 Å². The largest absolute Gasteiger partial charge is 0.461 e. The highest BCUT2D eigenvalue weighted by Gasteiger charge is 2.11. The van der Waals surface area contributed by atoms with Crippen molar-refractivity contribution in [2.75, 3.05) is 18.6 Å². The monoisotopic (exact) mass is 294 g/mol. The van der Waals surface area contributed by atoms with E-state index in [0.29, 0.717) is 13.2 Å². The summed E-state index contributed by atoms with van der Waals surface area (Å²) < 4.78 is 12.4. The Balaban J connectivity index is 2.04. The van der Waals surface area contributed by atoms with E-state index in [1.54, 1.807) is 0 Å². The normalized spacial score (nSPS) is 11.4. The summed E-state index contributed by atoms with van der Waals surface area (Å²) in [6.07, 6.45) is 2.83. The summed E-state index contributed by atoms with van der Waals surface area (Å²) in [5, 5.41) is 3.94. The van der Waals surface area contributed by atoms with Crippen molar-refractivity contribution in [3.8, 4) is 12.0 Å².